The minimum Gasteiger partial charge on any atom is -0.480 e. The van der Waals surface area contributed by atoms with Gasteiger partial charge in [0, 0.05) is 12.1 Å². The summed E-state index contributed by atoms with van der Waals surface area (Å²) < 4.78 is 0. The van der Waals surface area contributed by atoms with Crippen molar-refractivity contribution in [3.8, 4) is 0 Å². The van der Waals surface area contributed by atoms with Gasteiger partial charge in [0.1, 0.15) is 6.54 Å². The van der Waals surface area contributed by atoms with Crippen LogP contribution in [0.15, 0.2) is 24.3 Å². The van der Waals surface area contributed by atoms with Crippen LogP contribution >= 0.6 is 0 Å². The second-order valence-corrected chi connectivity index (χ2v) is 4.98. The third-order valence-electron chi connectivity index (χ3n) is 3.37. The van der Waals surface area contributed by atoms with E-state index >= 15 is 0 Å². The molecular weight excluding hydrogens is 254 g/mol. The summed E-state index contributed by atoms with van der Waals surface area (Å²) in [4.78, 5) is 24.6. The van der Waals surface area contributed by atoms with Gasteiger partial charge in [-0.3, -0.25) is 9.59 Å². The Kier molecular flexibility index (Phi) is 4.56. The molecule has 0 unspecified atom stereocenters. The van der Waals surface area contributed by atoms with Crippen LogP contribution < -0.4 is 0 Å². The summed E-state index contributed by atoms with van der Waals surface area (Å²) in [5, 5.41) is 8.90. The zero-order valence-electron chi connectivity index (χ0n) is 11.6. The molecule has 106 valence electrons. The van der Waals surface area contributed by atoms with Crippen LogP contribution in [0.5, 0.6) is 0 Å². The van der Waals surface area contributed by atoms with E-state index in [1.54, 1.807) is 6.07 Å². The number of carbonyl (C=O) groups excluding carboxylic acids is 1. The van der Waals surface area contributed by atoms with Crippen LogP contribution in [0.2, 0.25) is 0 Å². The van der Waals surface area contributed by atoms with Crippen molar-refractivity contribution in [2.75, 3.05) is 13.1 Å². The fraction of sp³-hybridized carbons (Fsp3) is 0.375. The van der Waals surface area contributed by atoms with Crippen LogP contribution in [0.3, 0.4) is 0 Å². The average molecular weight is 273 g/mol. The Morgan fingerprint density at radius 1 is 1.35 bits per heavy atom. The number of benzene rings is 1. The molecule has 1 N–H and O–H groups in total. The monoisotopic (exact) mass is 273 g/mol. The molecule has 4 nitrogen and oxygen atoms in total. The molecular formula is C16H19NO3. The van der Waals surface area contributed by atoms with E-state index in [2.05, 4.69) is 12.2 Å². The summed E-state index contributed by atoms with van der Waals surface area (Å²) >= 11 is 0. The maximum atomic E-state index is 12.4. The van der Waals surface area contributed by atoms with E-state index in [1.807, 2.05) is 19.1 Å². The number of nitrogens with zero attached hydrogens (tertiary/aromatic N) is 1. The minimum atomic E-state index is -0.979. The average Bonchev–Trinajstić information content (AvgIpc) is 2.45. The maximum Gasteiger partial charge on any atom is 0.323 e. The molecule has 1 aliphatic carbocycles. The summed E-state index contributed by atoms with van der Waals surface area (Å²) in [7, 11) is 0. The third-order valence-corrected chi connectivity index (χ3v) is 3.37. The number of rotatable bonds is 5. The first-order valence-electron chi connectivity index (χ1n) is 6.92. The molecule has 1 amide bonds. The molecule has 2 rings (SSSR count). The van der Waals surface area contributed by atoms with Crippen molar-refractivity contribution in [1.29, 1.82) is 0 Å². The molecule has 0 radical (unpaired) electrons. The molecule has 0 spiro atoms. The normalized spacial score (nSPS) is 12.8. The Morgan fingerprint density at radius 3 is 2.85 bits per heavy atom. The predicted molar refractivity (Wildman–Crippen MR) is 77.6 cm³/mol. The number of carboxylic acid groups (broad SMARTS) is 1. The number of carboxylic acids is 1. The predicted octanol–water partition coefficient (Wildman–Crippen LogP) is 2.58. The zero-order valence-corrected chi connectivity index (χ0v) is 11.6. The van der Waals surface area contributed by atoms with Gasteiger partial charge in [-0.1, -0.05) is 25.1 Å². The van der Waals surface area contributed by atoms with Crippen LogP contribution in [0, 0.1) is 0 Å². The standard InChI is InChI=1S/C16H19NO3/c1-2-9-17(11-15(18)19)16(20)14-8-7-12-5-3-4-6-13(12)10-14/h3,5,7-8,10H,2,4,6,9,11H2,1H3,(H,18,19). The molecule has 1 aliphatic rings. The highest BCUT2D eigenvalue weighted by Crippen LogP contribution is 2.21. The van der Waals surface area contributed by atoms with Gasteiger partial charge >= 0.3 is 5.97 Å². The van der Waals surface area contributed by atoms with Gasteiger partial charge in [-0.2, -0.15) is 0 Å². The highest BCUT2D eigenvalue weighted by atomic mass is 16.4. The molecule has 20 heavy (non-hydrogen) atoms. The molecule has 1 aromatic carbocycles. The van der Waals surface area contributed by atoms with E-state index in [-0.39, 0.29) is 12.5 Å². The first-order chi connectivity index (χ1) is 9.61. The lowest BCUT2D eigenvalue weighted by molar-refractivity contribution is -0.137. The largest absolute Gasteiger partial charge is 0.480 e. The van der Waals surface area contributed by atoms with Crippen LogP contribution in [0.1, 0.15) is 41.3 Å². The summed E-state index contributed by atoms with van der Waals surface area (Å²) in [5.74, 6) is -1.18. The fourth-order valence-electron chi connectivity index (χ4n) is 2.44. The lowest BCUT2D eigenvalue weighted by Gasteiger charge is -2.21. The summed E-state index contributed by atoms with van der Waals surface area (Å²) in [6.07, 6.45) is 6.84. The first kappa shape index (κ1) is 14.3. The van der Waals surface area contributed by atoms with E-state index in [4.69, 9.17) is 5.11 Å². The van der Waals surface area contributed by atoms with E-state index in [0.717, 1.165) is 30.4 Å². The molecule has 0 aromatic heterocycles. The molecule has 0 atom stereocenters. The lowest BCUT2D eigenvalue weighted by Crippen LogP contribution is -2.36. The summed E-state index contributed by atoms with van der Waals surface area (Å²) in [6.45, 7) is 2.14. The lowest BCUT2D eigenvalue weighted by atomic mass is 9.95. The van der Waals surface area contributed by atoms with Crippen LogP contribution in [0.4, 0.5) is 0 Å². The minimum absolute atomic E-state index is 0.202. The van der Waals surface area contributed by atoms with Crippen molar-refractivity contribution < 1.29 is 14.7 Å². The van der Waals surface area contributed by atoms with Crippen molar-refractivity contribution in [3.05, 3.63) is 41.0 Å². The Bertz CT molecular complexity index is 549. The highest BCUT2D eigenvalue weighted by molar-refractivity contribution is 5.96. The van der Waals surface area contributed by atoms with Crippen LogP contribution in [0.25, 0.3) is 6.08 Å². The van der Waals surface area contributed by atoms with Crippen molar-refractivity contribution >= 4 is 18.0 Å². The van der Waals surface area contributed by atoms with Crippen LogP contribution in [-0.2, 0) is 11.2 Å². The van der Waals surface area contributed by atoms with Gasteiger partial charge < -0.3 is 10.0 Å². The van der Waals surface area contributed by atoms with E-state index in [9.17, 15) is 9.59 Å². The molecule has 0 heterocycles. The van der Waals surface area contributed by atoms with Crippen molar-refractivity contribution in [3.63, 3.8) is 0 Å². The first-order valence-corrected chi connectivity index (χ1v) is 6.92. The zero-order chi connectivity index (χ0) is 14.5. The van der Waals surface area contributed by atoms with E-state index < -0.39 is 5.97 Å². The van der Waals surface area contributed by atoms with Gasteiger partial charge in [-0.15, -0.1) is 0 Å². The molecule has 4 heteroatoms. The van der Waals surface area contributed by atoms with Crippen molar-refractivity contribution in [2.24, 2.45) is 0 Å². The number of aryl methyl sites for hydroxylation is 1. The quantitative estimate of drug-likeness (QED) is 0.897. The van der Waals surface area contributed by atoms with Gasteiger partial charge in [0.15, 0.2) is 0 Å². The van der Waals surface area contributed by atoms with Gasteiger partial charge in [-0.05, 0) is 42.5 Å². The smallest absolute Gasteiger partial charge is 0.323 e. The number of aliphatic carboxylic acids is 1. The SMILES string of the molecule is CCCN(CC(=O)O)C(=O)c1ccc2c(c1)CCC=C2. The molecule has 0 aliphatic heterocycles. The summed E-state index contributed by atoms with van der Waals surface area (Å²) in [5.41, 5.74) is 2.88. The second kappa shape index (κ2) is 6.37. The van der Waals surface area contributed by atoms with Crippen molar-refractivity contribution in [2.45, 2.75) is 26.2 Å². The number of amides is 1. The second-order valence-electron chi connectivity index (χ2n) is 4.98. The number of allylic oxidation sites excluding steroid dienone is 1. The molecule has 1 aromatic rings. The Morgan fingerprint density at radius 2 is 2.15 bits per heavy atom. The fourth-order valence-corrected chi connectivity index (χ4v) is 2.44. The highest BCUT2D eigenvalue weighted by Gasteiger charge is 2.18. The van der Waals surface area contributed by atoms with E-state index in [1.165, 1.54) is 4.90 Å². The topological polar surface area (TPSA) is 57.6 Å². The number of carbonyl (C=O) groups is 2. The summed E-state index contributed by atoms with van der Waals surface area (Å²) in [6, 6.07) is 5.61. The maximum absolute atomic E-state index is 12.4. The Balaban J connectivity index is 2.22. The molecule has 0 saturated carbocycles. The Labute approximate surface area is 118 Å². The number of fused-ring (bicyclic) bond motifs is 1. The molecule has 0 fully saturated rings. The molecule has 0 saturated heterocycles. The van der Waals surface area contributed by atoms with Crippen LogP contribution in [-0.4, -0.2) is 35.0 Å². The number of hydrogen-bond acceptors (Lipinski definition) is 2. The Hall–Kier alpha value is -2.10. The van der Waals surface area contributed by atoms with Crippen molar-refractivity contribution in [1.82, 2.24) is 4.90 Å². The van der Waals surface area contributed by atoms with Gasteiger partial charge in [0.05, 0.1) is 0 Å². The molecule has 0 bridgehead atoms. The van der Waals surface area contributed by atoms with Gasteiger partial charge in [0.25, 0.3) is 5.91 Å². The third kappa shape index (κ3) is 3.26. The number of hydrogen-bond donors (Lipinski definition) is 1. The van der Waals surface area contributed by atoms with Gasteiger partial charge in [-0.25, -0.2) is 0 Å². The van der Waals surface area contributed by atoms with Gasteiger partial charge in [0.2, 0.25) is 0 Å². The van der Waals surface area contributed by atoms with E-state index in [0.29, 0.717) is 12.1 Å².